The summed E-state index contributed by atoms with van der Waals surface area (Å²) in [5.74, 6) is 0.897. The molecule has 144 valence electrons. The molecule has 0 radical (unpaired) electrons. The predicted molar refractivity (Wildman–Crippen MR) is 98.6 cm³/mol. The molecule has 6 nitrogen and oxygen atoms in total. The van der Waals surface area contributed by atoms with Gasteiger partial charge in [0.25, 0.3) is 0 Å². The van der Waals surface area contributed by atoms with Crippen LogP contribution in [-0.2, 0) is 14.8 Å². The molecular weight excluding hydrogens is 352 g/mol. The first-order chi connectivity index (χ1) is 12.5. The van der Waals surface area contributed by atoms with E-state index in [0.29, 0.717) is 29.8 Å². The van der Waals surface area contributed by atoms with Crippen LogP contribution in [0.25, 0.3) is 0 Å². The third-order valence-electron chi connectivity index (χ3n) is 6.41. The fourth-order valence-corrected chi connectivity index (χ4v) is 6.84. The van der Waals surface area contributed by atoms with Crippen LogP contribution >= 0.6 is 0 Å². The minimum atomic E-state index is -3.61. The fraction of sp³-hybridized carbons (Fsp3) is 0.684. The Morgan fingerprint density at radius 1 is 1.15 bits per heavy atom. The molecule has 3 atom stereocenters. The van der Waals surface area contributed by atoms with Crippen LogP contribution in [0.1, 0.15) is 32.1 Å². The molecule has 2 saturated heterocycles. The fourth-order valence-electron chi connectivity index (χ4n) is 5.11. The first-order valence-corrected chi connectivity index (χ1v) is 10.9. The summed E-state index contributed by atoms with van der Waals surface area (Å²) >= 11 is 0. The molecule has 0 bridgehead atoms. The van der Waals surface area contributed by atoms with Crippen LogP contribution < -0.4 is 4.74 Å². The molecule has 3 unspecified atom stereocenters. The first-order valence-electron chi connectivity index (χ1n) is 9.50. The summed E-state index contributed by atoms with van der Waals surface area (Å²) in [5.41, 5.74) is -0.684. The molecule has 1 saturated carbocycles. The van der Waals surface area contributed by atoms with Crippen molar-refractivity contribution in [3.05, 3.63) is 24.3 Å². The van der Waals surface area contributed by atoms with E-state index in [1.807, 2.05) is 0 Å². The Kier molecular flexibility index (Phi) is 4.75. The van der Waals surface area contributed by atoms with E-state index in [9.17, 15) is 8.42 Å². The van der Waals surface area contributed by atoms with Gasteiger partial charge in [0, 0.05) is 31.5 Å². The normalized spacial score (nSPS) is 33.3. The number of benzene rings is 1. The molecule has 7 heteroatoms. The van der Waals surface area contributed by atoms with Crippen LogP contribution in [0.4, 0.5) is 0 Å². The second kappa shape index (κ2) is 6.78. The lowest BCUT2D eigenvalue weighted by Gasteiger charge is -2.54. The number of fused-ring (bicyclic) bond motifs is 2. The number of nitrogens with zero attached hydrogens (tertiary/aromatic N) is 2. The van der Waals surface area contributed by atoms with E-state index < -0.39 is 15.7 Å². The summed E-state index contributed by atoms with van der Waals surface area (Å²) < 4.78 is 40.0. The van der Waals surface area contributed by atoms with Gasteiger partial charge in [0.2, 0.25) is 10.0 Å². The highest BCUT2D eigenvalue weighted by molar-refractivity contribution is 7.89. The van der Waals surface area contributed by atoms with Crippen molar-refractivity contribution in [3.8, 4) is 5.75 Å². The lowest BCUT2D eigenvalue weighted by molar-refractivity contribution is -0.160. The Morgan fingerprint density at radius 2 is 1.88 bits per heavy atom. The van der Waals surface area contributed by atoms with Gasteiger partial charge in [-0.1, -0.05) is 12.8 Å². The molecule has 4 rings (SSSR count). The monoisotopic (exact) mass is 380 g/mol. The van der Waals surface area contributed by atoms with Crippen LogP contribution in [0.15, 0.2) is 29.2 Å². The van der Waals surface area contributed by atoms with Gasteiger partial charge in [0.05, 0.1) is 18.6 Å². The minimum absolute atomic E-state index is 0.241. The van der Waals surface area contributed by atoms with Crippen molar-refractivity contribution >= 4 is 10.0 Å². The van der Waals surface area contributed by atoms with Gasteiger partial charge in [-0.05, 0) is 44.2 Å². The summed E-state index contributed by atoms with van der Waals surface area (Å²) in [6.45, 7) is 1.78. The SMILES string of the molecule is COc1ccc(S(=O)(=O)N2CCOC23CCN(C)C2CCCCC23)cc1. The average molecular weight is 381 g/mol. The second-order valence-electron chi connectivity index (χ2n) is 7.63. The van der Waals surface area contributed by atoms with Crippen molar-refractivity contribution < 1.29 is 17.9 Å². The summed E-state index contributed by atoms with van der Waals surface area (Å²) in [6.07, 6.45) is 5.26. The maximum atomic E-state index is 13.5. The minimum Gasteiger partial charge on any atom is -0.497 e. The third-order valence-corrected chi connectivity index (χ3v) is 8.35. The summed E-state index contributed by atoms with van der Waals surface area (Å²) in [6, 6.07) is 7.08. The standard InChI is InChI=1S/C19H28N2O4S/c1-20-12-11-19(17-5-3-4-6-18(17)20)21(13-14-25-19)26(22,23)16-9-7-15(24-2)8-10-16/h7-10,17-18H,3-6,11-14H2,1-2H3. The van der Waals surface area contributed by atoms with Crippen LogP contribution in [0, 0.1) is 5.92 Å². The Bertz CT molecular complexity index is 751. The topological polar surface area (TPSA) is 59.1 Å². The molecular formula is C19H28N2O4S. The molecule has 1 aromatic rings. The van der Waals surface area contributed by atoms with Crippen molar-refractivity contribution in [2.45, 2.75) is 48.8 Å². The Morgan fingerprint density at radius 3 is 2.62 bits per heavy atom. The predicted octanol–water partition coefficient (Wildman–Crippen LogP) is 2.31. The first kappa shape index (κ1) is 18.2. The van der Waals surface area contributed by atoms with Crippen molar-refractivity contribution in [1.29, 1.82) is 0 Å². The van der Waals surface area contributed by atoms with E-state index >= 15 is 0 Å². The third kappa shape index (κ3) is 2.76. The number of rotatable bonds is 3. The molecule has 2 heterocycles. The van der Waals surface area contributed by atoms with Gasteiger partial charge in [-0.2, -0.15) is 4.31 Å². The summed E-state index contributed by atoms with van der Waals surface area (Å²) in [7, 11) is 0.132. The zero-order valence-electron chi connectivity index (χ0n) is 15.6. The second-order valence-corrected chi connectivity index (χ2v) is 9.50. The maximum absolute atomic E-state index is 13.5. The van der Waals surface area contributed by atoms with Crippen molar-refractivity contribution in [1.82, 2.24) is 9.21 Å². The van der Waals surface area contributed by atoms with Crippen molar-refractivity contribution in [2.75, 3.05) is 33.9 Å². The number of sulfonamides is 1. The van der Waals surface area contributed by atoms with Gasteiger partial charge in [0.1, 0.15) is 11.5 Å². The largest absolute Gasteiger partial charge is 0.497 e. The molecule has 3 fully saturated rings. The molecule has 26 heavy (non-hydrogen) atoms. The van der Waals surface area contributed by atoms with E-state index in [4.69, 9.17) is 9.47 Å². The number of hydrogen-bond acceptors (Lipinski definition) is 5. The molecule has 1 aliphatic carbocycles. The Hall–Kier alpha value is -1.15. The van der Waals surface area contributed by atoms with Gasteiger partial charge in [-0.15, -0.1) is 0 Å². The number of methoxy groups -OCH3 is 1. The zero-order valence-corrected chi connectivity index (χ0v) is 16.4. The number of likely N-dealkylation sites (tertiary alicyclic amines) is 1. The molecule has 1 aromatic carbocycles. The molecule has 0 aromatic heterocycles. The Labute approximate surface area is 156 Å². The van der Waals surface area contributed by atoms with Gasteiger partial charge in [-0.25, -0.2) is 8.42 Å². The quantitative estimate of drug-likeness (QED) is 0.805. The van der Waals surface area contributed by atoms with Crippen LogP contribution in [0.3, 0.4) is 0 Å². The van der Waals surface area contributed by atoms with E-state index in [0.717, 1.165) is 32.2 Å². The summed E-state index contributed by atoms with van der Waals surface area (Å²) in [4.78, 5) is 2.71. The molecule has 2 aliphatic heterocycles. The number of hydrogen-bond donors (Lipinski definition) is 0. The average Bonchev–Trinajstić information content (AvgIpc) is 3.11. The van der Waals surface area contributed by atoms with Crippen LogP contribution in [0.5, 0.6) is 5.75 Å². The highest BCUT2D eigenvalue weighted by atomic mass is 32.2. The van der Waals surface area contributed by atoms with Gasteiger partial charge < -0.3 is 14.4 Å². The van der Waals surface area contributed by atoms with Gasteiger partial charge >= 0.3 is 0 Å². The molecule has 0 amide bonds. The number of ether oxygens (including phenoxy) is 2. The van der Waals surface area contributed by atoms with Crippen molar-refractivity contribution in [2.24, 2.45) is 5.92 Å². The van der Waals surface area contributed by atoms with E-state index in [2.05, 4.69) is 11.9 Å². The molecule has 1 spiro atoms. The molecule has 3 aliphatic rings. The number of piperidine rings is 1. The summed E-state index contributed by atoms with van der Waals surface area (Å²) in [5, 5.41) is 0. The highest BCUT2D eigenvalue weighted by Crippen LogP contribution is 2.48. The lowest BCUT2D eigenvalue weighted by Crippen LogP contribution is -2.64. The van der Waals surface area contributed by atoms with E-state index in [1.54, 1.807) is 35.7 Å². The zero-order chi connectivity index (χ0) is 18.4. The highest BCUT2D eigenvalue weighted by Gasteiger charge is 2.58. The van der Waals surface area contributed by atoms with E-state index in [-0.39, 0.29) is 5.92 Å². The van der Waals surface area contributed by atoms with Crippen LogP contribution in [-0.4, -0.2) is 63.2 Å². The maximum Gasteiger partial charge on any atom is 0.245 e. The van der Waals surface area contributed by atoms with Crippen LogP contribution in [0.2, 0.25) is 0 Å². The van der Waals surface area contributed by atoms with Gasteiger partial charge in [-0.3, -0.25) is 0 Å². The van der Waals surface area contributed by atoms with Gasteiger partial charge in [0.15, 0.2) is 0 Å². The Balaban J connectivity index is 1.70. The van der Waals surface area contributed by atoms with Crippen molar-refractivity contribution in [3.63, 3.8) is 0 Å². The molecule has 0 N–H and O–H groups in total. The lowest BCUT2D eigenvalue weighted by atomic mass is 9.73. The smallest absolute Gasteiger partial charge is 0.245 e. The van der Waals surface area contributed by atoms with E-state index in [1.165, 1.54) is 6.42 Å².